The van der Waals surface area contributed by atoms with Crippen molar-refractivity contribution in [1.29, 1.82) is 0 Å². The Hall–Kier alpha value is -1.18. The molecule has 0 aliphatic carbocycles. The predicted molar refractivity (Wildman–Crippen MR) is 80.7 cm³/mol. The van der Waals surface area contributed by atoms with Crippen molar-refractivity contribution in [1.82, 2.24) is 9.29 Å². The first kappa shape index (κ1) is 14.7. The Kier molecular flexibility index (Phi) is 3.90. The zero-order chi connectivity index (χ0) is 14.9. The summed E-state index contributed by atoms with van der Waals surface area (Å²) in [4.78, 5) is 6.60. The van der Waals surface area contributed by atoms with Gasteiger partial charge in [0.25, 0.3) is 0 Å². The van der Waals surface area contributed by atoms with Crippen LogP contribution in [0.4, 0.5) is 5.82 Å². The highest BCUT2D eigenvalue weighted by molar-refractivity contribution is 7.88. The molecule has 0 unspecified atom stereocenters. The number of aromatic nitrogens is 1. The smallest absolute Gasteiger partial charge is 0.211 e. The minimum atomic E-state index is -3.18. The third-order valence-electron chi connectivity index (χ3n) is 4.29. The molecule has 6 nitrogen and oxygen atoms in total. The SMILES string of the molecule is CS(=O)(=O)N1CCOC[C@@]2(CCN(c3ccccn3)C2)C1. The standard InChI is InChI=1S/C14H21N3O3S/c1-21(18,19)17-8-9-20-12-14(11-17)5-7-16(10-14)13-4-2-3-6-15-13/h2-4,6H,5,7-12H2,1H3/t14-/m1/s1. The van der Waals surface area contributed by atoms with Gasteiger partial charge in [0.1, 0.15) is 5.82 Å². The molecule has 1 atom stereocenters. The van der Waals surface area contributed by atoms with E-state index in [0.29, 0.717) is 26.3 Å². The maximum Gasteiger partial charge on any atom is 0.211 e. The van der Waals surface area contributed by atoms with E-state index in [-0.39, 0.29) is 5.41 Å². The maximum absolute atomic E-state index is 11.9. The third kappa shape index (κ3) is 3.20. The fourth-order valence-corrected chi connectivity index (χ4v) is 4.07. The first-order valence-corrected chi connectivity index (χ1v) is 9.02. The van der Waals surface area contributed by atoms with Crippen molar-refractivity contribution in [2.75, 3.05) is 50.5 Å². The third-order valence-corrected chi connectivity index (χ3v) is 5.54. The van der Waals surface area contributed by atoms with Gasteiger partial charge in [-0.2, -0.15) is 4.31 Å². The molecule has 3 rings (SSSR count). The second-order valence-electron chi connectivity index (χ2n) is 6.01. The van der Waals surface area contributed by atoms with E-state index in [1.54, 1.807) is 10.5 Å². The molecular formula is C14H21N3O3S. The Labute approximate surface area is 125 Å². The lowest BCUT2D eigenvalue weighted by molar-refractivity contribution is 0.0807. The largest absolute Gasteiger partial charge is 0.379 e. The van der Waals surface area contributed by atoms with E-state index in [1.807, 2.05) is 18.2 Å². The first-order chi connectivity index (χ1) is 9.99. The summed E-state index contributed by atoms with van der Waals surface area (Å²) in [5, 5.41) is 0. The Bertz CT molecular complexity index is 593. The van der Waals surface area contributed by atoms with Crippen molar-refractivity contribution < 1.29 is 13.2 Å². The van der Waals surface area contributed by atoms with Crippen molar-refractivity contribution in [3.05, 3.63) is 24.4 Å². The van der Waals surface area contributed by atoms with Crippen molar-refractivity contribution >= 4 is 15.8 Å². The molecule has 0 radical (unpaired) electrons. The minimum Gasteiger partial charge on any atom is -0.379 e. The van der Waals surface area contributed by atoms with Gasteiger partial charge in [0.05, 0.1) is 19.5 Å². The quantitative estimate of drug-likeness (QED) is 0.799. The zero-order valence-electron chi connectivity index (χ0n) is 12.2. The minimum absolute atomic E-state index is 0.128. The summed E-state index contributed by atoms with van der Waals surface area (Å²) in [6, 6.07) is 5.86. The fraction of sp³-hybridized carbons (Fsp3) is 0.643. The number of sulfonamides is 1. The van der Waals surface area contributed by atoms with E-state index in [4.69, 9.17) is 4.74 Å². The van der Waals surface area contributed by atoms with Gasteiger partial charge in [-0.15, -0.1) is 0 Å². The van der Waals surface area contributed by atoms with Gasteiger partial charge in [-0.25, -0.2) is 13.4 Å². The highest BCUT2D eigenvalue weighted by Gasteiger charge is 2.43. The topological polar surface area (TPSA) is 62.7 Å². The summed E-state index contributed by atoms with van der Waals surface area (Å²) < 4.78 is 31.0. The molecule has 2 fully saturated rings. The summed E-state index contributed by atoms with van der Waals surface area (Å²) >= 11 is 0. The number of pyridine rings is 1. The Balaban J connectivity index is 1.78. The van der Waals surface area contributed by atoms with E-state index in [2.05, 4.69) is 9.88 Å². The first-order valence-electron chi connectivity index (χ1n) is 7.17. The molecule has 116 valence electrons. The van der Waals surface area contributed by atoms with E-state index < -0.39 is 10.0 Å². The molecule has 0 aromatic carbocycles. The monoisotopic (exact) mass is 311 g/mol. The molecule has 0 N–H and O–H groups in total. The van der Waals surface area contributed by atoms with Gasteiger partial charge in [-0.1, -0.05) is 6.07 Å². The molecule has 1 aromatic rings. The van der Waals surface area contributed by atoms with Crippen molar-refractivity contribution in [2.45, 2.75) is 6.42 Å². The van der Waals surface area contributed by atoms with Gasteiger partial charge < -0.3 is 9.64 Å². The number of ether oxygens (including phenoxy) is 1. The van der Waals surface area contributed by atoms with Gasteiger partial charge in [0.2, 0.25) is 10.0 Å². The van der Waals surface area contributed by atoms with Crippen LogP contribution in [0.5, 0.6) is 0 Å². The van der Waals surface area contributed by atoms with Crippen LogP contribution in [0, 0.1) is 5.41 Å². The Morgan fingerprint density at radius 2 is 2.14 bits per heavy atom. The molecule has 7 heteroatoms. The Morgan fingerprint density at radius 1 is 1.29 bits per heavy atom. The molecular weight excluding hydrogens is 290 g/mol. The van der Waals surface area contributed by atoms with Crippen LogP contribution < -0.4 is 4.90 Å². The van der Waals surface area contributed by atoms with E-state index >= 15 is 0 Å². The van der Waals surface area contributed by atoms with Gasteiger partial charge in [0.15, 0.2) is 0 Å². The van der Waals surface area contributed by atoms with Crippen LogP contribution in [0.1, 0.15) is 6.42 Å². The summed E-state index contributed by atoms with van der Waals surface area (Å²) in [7, 11) is -3.18. The van der Waals surface area contributed by atoms with Crippen LogP contribution >= 0.6 is 0 Å². The van der Waals surface area contributed by atoms with Crippen molar-refractivity contribution in [3.8, 4) is 0 Å². The average molecular weight is 311 g/mol. The highest BCUT2D eigenvalue weighted by atomic mass is 32.2. The Morgan fingerprint density at radius 3 is 2.86 bits per heavy atom. The predicted octanol–water partition coefficient (Wildman–Crippen LogP) is 0.570. The molecule has 2 saturated heterocycles. The second-order valence-corrected chi connectivity index (χ2v) is 7.99. The van der Waals surface area contributed by atoms with Gasteiger partial charge in [0, 0.05) is 37.8 Å². The maximum atomic E-state index is 11.9. The number of hydrogen-bond acceptors (Lipinski definition) is 5. The molecule has 2 aliphatic rings. The van der Waals surface area contributed by atoms with Crippen molar-refractivity contribution in [3.63, 3.8) is 0 Å². The van der Waals surface area contributed by atoms with Gasteiger partial charge >= 0.3 is 0 Å². The van der Waals surface area contributed by atoms with E-state index in [0.717, 1.165) is 25.3 Å². The summed E-state index contributed by atoms with van der Waals surface area (Å²) in [5.74, 6) is 0.949. The molecule has 2 aliphatic heterocycles. The molecule has 1 spiro atoms. The van der Waals surface area contributed by atoms with Crippen LogP contribution in [-0.2, 0) is 14.8 Å². The number of hydrogen-bond donors (Lipinski definition) is 0. The highest BCUT2D eigenvalue weighted by Crippen LogP contribution is 2.35. The van der Waals surface area contributed by atoms with E-state index in [1.165, 1.54) is 6.26 Å². The molecule has 1 aromatic heterocycles. The van der Waals surface area contributed by atoms with Crippen molar-refractivity contribution in [2.24, 2.45) is 5.41 Å². The number of nitrogens with zero attached hydrogens (tertiary/aromatic N) is 3. The summed E-state index contributed by atoms with van der Waals surface area (Å²) in [6.07, 6.45) is 3.99. The normalized spacial score (nSPS) is 28.0. The second kappa shape index (κ2) is 5.55. The molecule has 0 saturated carbocycles. The van der Waals surface area contributed by atoms with E-state index in [9.17, 15) is 8.42 Å². The molecule has 21 heavy (non-hydrogen) atoms. The summed E-state index contributed by atoms with van der Waals surface area (Å²) in [5.41, 5.74) is -0.128. The van der Waals surface area contributed by atoms with Crippen LogP contribution in [-0.4, -0.2) is 63.4 Å². The van der Waals surface area contributed by atoms with Gasteiger partial charge in [-0.05, 0) is 18.6 Å². The lowest BCUT2D eigenvalue weighted by Gasteiger charge is -2.30. The average Bonchev–Trinajstić information content (AvgIpc) is 2.73. The molecule has 0 bridgehead atoms. The van der Waals surface area contributed by atoms with Crippen LogP contribution in [0.3, 0.4) is 0 Å². The lowest BCUT2D eigenvalue weighted by Crippen LogP contribution is -2.43. The zero-order valence-corrected chi connectivity index (χ0v) is 13.1. The van der Waals surface area contributed by atoms with Crippen LogP contribution in [0.25, 0.3) is 0 Å². The molecule has 3 heterocycles. The molecule has 0 amide bonds. The number of rotatable bonds is 2. The summed E-state index contributed by atoms with van der Waals surface area (Å²) in [6.45, 7) is 3.74. The van der Waals surface area contributed by atoms with Crippen LogP contribution in [0.2, 0.25) is 0 Å². The van der Waals surface area contributed by atoms with Gasteiger partial charge in [-0.3, -0.25) is 0 Å². The lowest BCUT2D eigenvalue weighted by atomic mass is 9.88. The van der Waals surface area contributed by atoms with Crippen LogP contribution in [0.15, 0.2) is 24.4 Å². The fourth-order valence-electron chi connectivity index (χ4n) is 3.16. The number of anilines is 1.